The van der Waals surface area contributed by atoms with E-state index in [0.717, 1.165) is 0 Å². The third-order valence-corrected chi connectivity index (χ3v) is 4.52. The highest BCUT2D eigenvalue weighted by Gasteiger charge is 2.44. The van der Waals surface area contributed by atoms with Crippen LogP contribution in [0.3, 0.4) is 0 Å². The molecule has 1 saturated heterocycles. The monoisotopic (exact) mass is 228 g/mol. The molecule has 2 nitrogen and oxygen atoms in total. The number of thiazole rings is 1. The second-order valence-corrected chi connectivity index (χ2v) is 5.33. The van der Waals surface area contributed by atoms with Crippen LogP contribution in [-0.4, -0.2) is 4.98 Å². The van der Waals surface area contributed by atoms with Crippen molar-refractivity contribution < 1.29 is 0 Å². The molecule has 3 heterocycles. The lowest BCUT2D eigenvalue weighted by Crippen LogP contribution is -2.17. The Labute approximate surface area is 98.6 Å². The smallest absolute Gasteiger partial charge is 0.186 e. The Kier molecular flexibility index (Phi) is 1.68. The molecule has 0 radical (unpaired) electrons. The molecule has 0 amide bonds. The second kappa shape index (κ2) is 3.08. The van der Waals surface area contributed by atoms with Crippen molar-refractivity contribution in [2.24, 2.45) is 0 Å². The fourth-order valence-electron chi connectivity index (χ4n) is 3.15. The number of benzene rings is 1. The van der Waals surface area contributed by atoms with Crippen LogP contribution in [0.5, 0.6) is 0 Å². The van der Waals surface area contributed by atoms with E-state index < -0.39 is 0 Å². The number of aromatic nitrogens is 1. The summed E-state index contributed by atoms with van der Waals surface area (Å²) in [6, 6.07) is 10.0. The second-order valence-electron chi connectivity index (χ2n) is 4.46. The van der Waals surface area contributed by atoms with Gasteiger partial charge in [-0.25, -0.2) is 4.98 Å². The standard InChI is InChI=1S/C13H12N2S/c1-2-4-10-9(3-1)11-5-6-12(10)15(11)13-14-7-8-16-13/h1-4,7-8,11-12H,5-6H2. The molecule has 16 heavy (non-hydrogen) atoms. The molecule has 80 valence electrons. The first kappa shape index (κ1) is 8.76. The lowest BCUT2D eigenvalue weighted by atomic mass is 9.92. The van der Waals surface area contributed by atoms with Gasteiger partial charge in [0.25, 0.3) is 0 Å². The maximum Gasteiger partial charge on any atom is 0.186 e. The molecule has 2 bridgehead atoms. The molecule has 2 aliphatic heterocycles. The summed E-state index contributed by atoms with van der Waals surface area (Å²) >= 11 is 1.75. The number of nitrogens with zero attached hydrogens (tertiary/aromatic N) is 2. The molecule has 2 atom stereocenters. The zero-order valence-electron chi connectivity index (χ0n) is 8.84. The summed E-state index contributed by atoms with van der Waals surface area (Å²) < 4.78 is 0. The average Bonchev–Trinajstić information content (AvgIpc) is 3.03. The first-order valence-corrected chi connectivity index (χ1v) is 6.60. The van der Waals surface area contributed by atoms with Crippen molar-refractivity contribution >= 4 is 16.5 Å². The van der Waals surface area contributed by atoms with E-state index in [4.69, 9.17) is 0 Å². The minimum Gasteiger partial charge on any atom is -0.334 e. The summed E-state index contributed by atoms with van der Waals surface area (Å²) in [5.41, 5.74) is 3.04. The molecule has 3 heteroatoms. The molecule has 2 aliphatic rings. The van der Waals surface area contributed by atoms with Crippen LogP contribution in [0.15, 0.2) is 35.8 Å². The normalized spacial score (nSPS) is 26.1. The van der Waals surface area contributed by atoms with Crippen LogP contribution in [-0.2, 0) is 0 Å². The zero-order chi connectivity index (χ0) is 10.5. The van der Waals surface area contributed by atoms with Gasteiger partial charge in [0, 0.05) is 11.6 Å². The van der Waals surface area contributed by atoms with E-state index in [1.807, 2.05) is 6.20 Å². The summed E-state index contributed by atoms with van der Waals surface area (Å²) in [7, 11) is 0. The van der Waals surface area contributed by atoms with Crippen molar-refractivity contribution in [2.75, 3.05) is 4.90 Å². The molecule has 4 rings (SSSR count). The Hall–Kier alpha value is -1.35. The summed E-state index contributed by atoms with van der Waals surface area (Å²) in [4.78, 5) is 6.98. The van der Waals surface area contributed by atoms with Crippen LogP contribution < -0.4 is 4.90 Å². The number of fused-ring (bicyclic) bond motifs is 5. The molecular formula is C13H12N2S. The highest BCUT2D eigenvalue weighted by atomic mass is 32.1. The van der Waals surface area contributed by atoms with Crippen molar-refractivity contribution in [1.29, 1.82) is 0 Å². The van der Waals surface area contributed by atoms with Crippen molar-refractivity contribution in [3.8, 4) is 0 Å². The van der Waals surface area contributed by atoms with E-state index in [1.165, 1.54) is 29.1 Å². The van der Waals surface area contributed by atoms with E-state index in [1.54, 1.807) is 11.3 Å². The van der Waals surface area contributed by atoms with E-state index in [0.29, 0.717) is 12.1 Å². The molecule has 2 aromatic rings. The molecule has 0 spiro atoms. The molecule has 2 unspecified atom stereocenters. The Morgan fingerprint density at radius 2 is 1.81 bits per heavy atom. The fourth-order valence-corrected chi connectivity index (χ4v) is 3.89. The Bertz CT molecular complexity index is 489. The van der Waals surface area contributed by atoms with Gasteiger partial charge in [-0.05, 0) is 24.0 Å². The minimum atomic E-state index is 0.576. The maximum atomic E-state index is 4.47. The Morgan fingerprint density at radius 3 is 2.38 bits per heavy atom. The summed E-state index contributed by atoms with van der Waals surface area (Å²) in [6.45, 7) is 0. The van der Waals surface area contributed by atoms with E-state index in [9.17, 15) is 0 Å². The number of hydrogen-bond acceptors (Lipinski definition) is 3. The average molecular weight is 228 g/mol. The van der Waals surface area contributed by atoms with Gasteiger partial charge in [-0.1, -0.05) is 24.3 Å². The predicted octanol–water partition coefficient (Wildman–Crippen LogP) is 3.54. The van der Waals surface area contributed by atoms with Gasteiger partial charge < -0.3 is 4.90 Å². The van der Waals surface area contributed by atoms with E-state index in [2.05, 4.69) is 39.5 Å². The first-order chi connectivity index (χ1) is 7.95. The van der Waals surface area contributed by atoms with E-state index >= 15 is 0 Å². The van der Waals surface area contributed by atoms with Gasteiger partial charge in [0.1, 0.15) is 0 Å². The highest BCUT2D eigenvalue weighted by molar-refractivity contribution is 7.13. The first-order valence-electron chi connectivity index (χ1n) is 5.72. The Morgan fingerprint density at radius 1 is 1.12 bits per heavy atom. The SMILES string of the molecule is c1ccc2c(c1)C1CCC2N1c1nccs1. The molecule has 1 aromatic heterocycles. The Balaban J connectivity index is 1.86. The van der Waals surface area contributed by atoms with Gasteiger partial charge in [-0.3, -0.25) is 0 Å². The molecule has 1 fully saturated rings. The third-order valence-electron chi connectivity index (χ3n) is 3.74. The van der Waals surface area contributed by atoms with Gasteiger partial charge in [0.2, 0.25) is 0 Å². The lowest BCUT2D eigenvalue weighted by Gasteiger charge is -2.21. The summed E-state index contributed by atoms with van der Waals surface area (Å²) in [5.74, 6) is 0. The van der Waals surface area contributed by atoms with Crippen molar-refractivity contribution in [2.45, 2.75) is 24.9 Å². The van der Waals surface area contributed by atoms with Crippen molar-refractivity contribution in [3.05, 3.63) is 47.0 Å². The fraction of sp³-hybridized carbons (Fsp3) is 0.308. The quantitative estimate of drug-likeness (QED) is 0.742. The minimum absolute atomic E-state index is 0.576. The molecule has 0 aliphatic carbocycles. The molecular weight excluding hydrogens is 216 g/mol. The highest BCUT2D eigenvalue weighted by Crippen LogP contribution is 2.54. The van der Waals surface area contributed by atoms with Gasteiger partial charge in [0.15, 0.2) is 5.13 Å². The van der Waals surface area contributed by atoms with Crippen LogP contribution in [0.4, 0.5) is 5.13 Å². The third kappa shape index (κ3) is 0.990. The molecule has 0 saturated carbocycles. The number of anilines is 1. The number of rotatable bonds is 1. The largest absolute Gasteiger partial charge is 0.334 e. The van der Waals surface area contributed by atoms with Crippen LogP contribution in [0.2, 0.25) is 0 Å². The van der Waals surface area contributed by atoms with Crippen molar-refractivity contribution in [3.63, 3.8) is 0 Å². The summed E-state index contributed by atoms with van der Waals surface area (Å²) in [5, 5.41) is 3.25. The van der Waals surface area contributed by atoms with Gasteiger partial charge >= 0.3 is 0 Å². The van der Waals surface area contributed by atoms with Crippen LogP contribution in [0.1, 0.15) is 36.1 Å². The predicted molar refractivity (Wildman–Crippen MR) is 65.8 cm³/mol. The number of hydrogen-bond donors (Lipinski definition) is 0. The molecule has 0 N–H and O–H groups in total. The molecule has 1 aromatic carbocycles. The van der Waals surface area contributed by atoms with Gasteiger partial charge in [-0.15, -0.1) is 11.3 Å². The zero-order valence-corrected chi connectivity index (χ0v) is 9.65. The van der Waals surface area contributed by atoms with Gasteiger partial charge in [0.05, 0.1) is 12.1 Å². The topological polar surface area (TPSA) is 16.1 Å². The van der Waals surface area contributed by atoms with Crippen molar-refractivity contribution in [1.82, 2.24) is 4.98 Å². The van der Waals surface area contributed by atoms with Crippen LogP contribution >= 0.6 is 11.3 Å². The maximum absolute atomic E-state index is 4.47. The van der Waals surface area contributed by atoms with Crippen LogP contribution in [0, 0.1) is 0 Å². The van der Waals surface area contributed by atoms with E-state index in [-0.39, 0.29) is 0 Å². The summed E-state index contributed by atoms with van der Waals surface area (Å²) in [6.07, 6.45) is 4.46. The van der Waals surface area contributed by atoms with Crippen LogP contribution in [0.25, 0.3) is 0 Å². The van der Waals surface area contributed by atoms with Gasteiger partial charge in [-0.2, -0.15) is 0 Å². The lowest BCUT2D eigenvalue weighted by molar-refractivity contribution is 0.717.